The molecule has 18 heavy (non-hydrogen) atoms. The average Bonchev–Trinajstić information content (AvgIpc) is 2.29. The van der Waals surface area contributed by atoms with E-state index in [0.29, 0.717) is 11.4 Å². The Morgan fingerprint density at radius 1 is 1.39 bits per heavy atom. The van der Waals surface area contributed by atoms with Crippen molar-refractivity contribution in [3.05, 3.63) is 23.2 Å². The Labute approximate surface area is 113 Å². The molecule has 4 nitrogen and oxygen atoms in total. The predicted octanol–water partition coefficient (Wildman–Crippen LogP) is 2.34. The number of nitrogens with one attached hydrogen (secondary N) is 2. The zero-order valence-electron chi connectivity index (χ0n) is 11.1. The number of halogens is 1. The lowest BCUT2D eigenvalue weighted by Gasteiger charge is -2.18. The number of carbonyl (C=O) groups is 1. The Morgan fingerprint density at radius 3 is 2.72 bits per heavy atom. The molecule has 1 rings (SSSR count). The van der Waals surface area contributed by atoms with Gasteiger partial charge in [0.1, 0.15) is 0 Å². The molecule has 100 valence electrons. The van der Waals surface area contributed by atoms with Crippen molar-refractivity contribution in [3.63, 3.8) is 0 Å². The minimum absolute atomic E-state index is 0.00983. The van der Waals surface area contributed by atoms with Crippen molar-refractivity contribution >= 4 is 28.9 Å². The largest absolute Gasteiger partial charge is 0.376 e. The molecule has 0 aliphatic rings. The Bertz CT molecular complexity index is 407. The summed E-state index contributed by atoms with van der Waals surface area (Å²) in [7, 11) is 5.73. The Morgan fingerprint density at radius 2 is 2.11 bits per heavy atom. The Kier molecular flexibility index (Phi) is 5.95. The maximum Gasteiger partial charge on any atom is 0.224 e. The molecule has 1 amide bonds. The topological polar surface area (TPSA) is 44.4 Å². The summed E-state index contributed by atoms with van der Waals surface area (Å²) in [4.78, 5) is 13.7. The molecule has 1 aromatic carbocycles. The molecule has 0 spiro atoms. The molecule has 2 N–H and O–H groups in total. The second kappa shape index (κ2) is 7.24. The van der Waals surface area contributed by atoms with Gasteiger partial charge in [-0.3, -0.25) is 4.79 Å². The summed E-state index contributed by atoms with van der Waals surface area (Å²) in [6, 6.07) is 5.48. The number of amides is 1. The van der Waals surface area contributed by atoms with E-state index in [-0.39, 0.29) is 5.91 Å². The fourth-order valence-electron chi connectivity index (χ4n) is 1.64. The number of hydrogen-bond donors (Lipinski definition) is 2. The lowest BCUT2D eigenvalue weighted by Crippen LogP contribution is -2.18. The summed E-state index contributed by atoms with van der Waals surface area (Å²) in [5, 5.41) is 6.53. The summed E-state index contributed by atoms with van der Waals surface area (Å²) in [5.74, 6) is 0.00983. The van der Waals surface area contributed by atoms with Crippen LogP contribution in [0.5, 0.6) is 0 Å². The van der Waals surface area contributed by atoms with Crippen molar-refractivity contribution in [1.29, 1.82) is 0 Å². The van der Waals surface area contributed by atoms with Gasteiger partial charge in [-0.2, -0.15) is 0 Å². The molecular weight excluding hydrogens is 250 g/mol. The lowest BCUT2D eigenvalue weighted by molar-refractivity contribution is -0.116. The number of hydrogen-bond acceptors (Lipinski definition) is 3. The minimum Gasteiger partial charge on any atom is -0.376 e. The van der Waals surface area contributed by atoms with Gasteiger partial charge in [0.05, 0.1) is 11.4 Å². The number of benzene rings is 1. The molecular formula is C13H20ClN3O. The zero-order chi connectivity index (χ0) is 13.5. The fraction of sp³-hybridized carbons (Fsp3) is 0.462. The molecule has 0 atom stereocenters. The molecule has 0 aromatic heterocycles. The number of nitrogens with zero attached hydrogens (tertiary/aromatic N) is 1. The molecule has 0 fully saturated rings. The first-order valence-corrected chi connectivity index (χ1v) is 6.33. The van der Waals surface area contributed by atoms with Gasteiger partial charge in [-0.25, -0.2) is 0 Å². The van der Waals surface area contributed by atoms with Gasteiger partial charge in [0.2, 0.25) is 5.91 Å². The molecule has 0 saturated heterocycles. The molecule has 0 bridgehead atoms. The Balaban J connectivity index is 2.70. The van der Waals surface area contributed by atoms with Gasteiger partial charge < -0.3 is 15.5 Å². The first-order valence-electron chi connectivity index (χ1n) is 5.96. The van der Waals surface area contributed by atoms with Crippen molar-refractivity contribution in [3.8, 4) is 0 Å². The summed E-state index contributed by atoms with van der Waals surface area (Å²) in [6.07, 6.45) is 1.32. The van der Waals surface area contributed by atoms with Crippen LogP contribution < -0.4 is 15.5 Å². The molecule has 0 aliphatic heterocycles. The molecule has 0 saturated carbocycles. The van der Waals surface area contributed by atoms with Crippen LogP contribution >= 0.6 is 11.6 Å². The monoisotopic (exact) mass is 269 g/mol. The van der Waals surface area contributed by atoms with Crippen LogP contribution in [0.2, 0.25) is 5.02 Å². The first-order chi connectivity index (χ1) is 8.54. The molecule has 0 unspecified atom stereocenters. The third-order valence-corrected chi connectivity index (χ3v) is 2.78. The second-order valence-electron chi connectivity index (χ2n) is 4.31. The smallest absolute Gasteiger partial charge is 0.224 e. The molecule has 0 aliphatic carbocycles. The van der Waals surface area contributed by atoms with E-state index in [1.54, 1.807) is 6.07 Å². The van der Waals surface area contributed by atoms with E-state index in [4.69, 9.17) is 11.6 Å². The van der Waals surface area contributed by atoms with Crippen molar-refractivity contribution < 1.29 is 4.79 Å². The van der Waals surface area contributed by atoms with E-state index >= 15 is 0 Å². The summed E-state index contributed by atoms with van der Waals surface area (Å²) in [6.45, 7) is 0.837. The second-order valence-corrected chi connectivity index (χ2v) is 4.75. The van der Waals surface area contributed by atoms with Gasteiger partial charge in [0.25, 0.3) is 0 Å². The van der Waals surface area contributed by atoms with Crippen molar-refractivity contribution in [2.24, 2.45) is 0 Å². The Hall–Kier alpha value is -1.26. The number of anilines is 2. The minimum atomic E-state index is 0.00983. The van der Waals surface area contributed by atoms with E-state index < -0.39 is 0 Å². The highest BCUT2D eigenvalue weighted by Gasteiger charge is 2.08. The van der Waals surface area contributed by atoms with Crippen molar-refractivity contribution in [2.45, 2.75) is 12.8 Å². The maximum absolute atomic E-state index is 11.8. The van der Waals surface area contributed by atoms with Crippen LogP contribution in [-0.4, -0.2) is 33.6 Å². The van der Waals surface area contributed by atoms with Crippen LogP contribution in [0.3, 0.4) is 0 Å². The third-order valence-electron chi connectivity index (χ3n) is 2.55. The lowest BCUT2D eigenvalue weighted by atomic mass is 10.2. The van der Waals surface area contributed by atoms with Gasteiger partial charge in [-0.1, -0.05) is 11.6 Å². The van der Waals surface area contributed by atoms with Crippen LogP contribution in [0.4, 0.5) is 11.4 Å². The van der Waals surface area contributed by atoms with E-state index in [0.717, 1.165) is 24.3 Å². The van der Waals surface area contributed by atoms with Crippen LogP contribution in [0.25, 0.3) is 0 Å². The van der Waals surface area contributed by atoms with E-state index in [1.807, 2.05) is 38.2 Å². The molecule has 0 heterocycles. The summed E-state index contributed by atoms with van der Waals surface area (Å²) < 4.78 is 0. The van der Waals surface area contributed by atoms with Gasteiger partial charge in [0, 0.05) is 25.5 Å². The quantitative estimate of drug-likeness (QED) is 0.779. The predicted molar refractivity (Wildman–Crippen MR) is 77.6 cm³/mol. The normalized spacial score (nSPS) is 10.2. The highest BCUT2D eigenvalue weighted by atomic mass is 35.5. The van der Waals surface area contributed by atoms with Crippen molar-refractivity contribution in [1.82, 2.24) is 5.32 Å². The van der Waals surface area contributed by atoms with Crippen LogP contribution in [0.15, 0.2) is 18.2 Å². The standard InChI is InChI=1S/C13H20ClN3O/c1-15-8-4-5-13(18)16-11-9-10(14)6-7-12(11)17(2)3/h6-7,9,15H,4-5,8H2,1-3H3,(H,16,18). The fourth-order valence-corrected chi connectivity index (χ4v) is 1.81. The SMILES string of the molecule is CNCCCC(=O)Nc1cc(Cl)ccc1N(C)C. The van der Waals surface area contributed by atoms with Crippen LogP contribution in [-0.2, 0) is 4.79 Å². The maximum atomic E-state index is 11.8. The molecule has 1 aromatic rings. The number of carbonyl (C=O) groups excluding carboxylic acids is 1. The van der Waals surface area contributed by atoms with E-state index in [9.17, 15) is 4.79 Å². The first kappa shape index (κ1) is 14.8. The van der Waals surface area contributed by atoms with E-state index in [1.165, 1.54) is 0 Å². The highest BCUT2D eigenvalue weighted by molar-refractivity contribution is 6.31. The number of rotatable bonds is 6. The van der Waals surface area contributed by atoms with E-state index in [2.05, 4.69) is 10.6 Å². The van der Waals surface area contributed by atoms with Gasteiger partial charge in [-0.15, -0.1) is 0 Å². The van der Waals surface area contributed by atoms with Gasteiger partial charge in [0.15, 0.2) is 0 Å². The zero-order valence-corrected chi connectivity index (χ0v) is 11.8. The summed E-state index contributed by atoms with van der Waals surface area (Å²) in [5.41, 5.74) is 1.70. The van der Waals surface area contributed by atoms with Gasteiger partial charge >= 0.3 is 0 Å². The van der Waals surface area contributed by atoms with Crippen LogP contribution in [0, 0.1) is 0 Å². The third kappa shape index (κ3) is 4.55. The highest BCUT2D eigenvalue weighted by Crippen LogP contribution is 2.27. The van der Waals surface area contributed by atoms with Crippen molar-refractivity contribution in [2.75, 3.05) is 37.9 Å². The molecule has 5 heteroatoms. The summed E-state index contributed by atoms with van der Waals surface area (Å²) >= 11 is 5.95. The average molecular weight is 270 g/mol. The van der Waals surface area contributed by atoms with Gasteiger partial charge in [-0.05, 0) is 38.2 Å². The van der Waals surface area contributed by atoms with Crippen LogP contribution in [0.1, 0.15) is 12.8 Å². The molecule has 0 radical (unpaired) electrons.